The molecular formula is C9H22N2. The first-order valence-electron chi connectivity index (χ1n) is 4.46. The maximum Gasteiger partial charge on any atom is 0.0113 e. The first-order valence-corrected chi connectivity index (χ1v) is 4.46. The van der Waals surface area contributed by atoms with E-state index >= 15 is 0 Å². The lowest BCUT2D eigenvalue weighted by Crippen LogP contribution is -2.33. The van der Waals surface area contributed by atoms with Crippen LogP contribution in [0.4, 0.5) is 0 Å². The normalized spacial score (nSPS) is 14.5. The highest BCUT2D eigenvalue weighted by Gasteiger charge is 2.13. The summed E-state index contributed by atoms with van der Waals surface area (Å²) in [4.78, 5) is 2.29. The highest BCUT2D eigenvalue weighted by atomic mass is 15.1. The minimum absolute atomic E-state index is 0.693. The van der Waals surface area contributed by atoms with Gasteiger partial charge in [0.05, 0.1) is 0 Å². The molecule has 0 fully saturated rings. The quantitative estimate of drug-likeness (QED) is 0.653. The summed E-state index contributed by atoms with van der Waals surface area (Å²) in [7, 11) is 4.28. The fraction of sp³-hybridized carbons (Fsp3) is 1.00. The van der Waals surface area contributed by atoms with E-state index in [0.29, 0.717) is 6.04 Å². The van der Waals surface area contributed by atoms with Crippen molar-refractivity contribution in [3.8, 4) is 0 Å². The molecule has 0 aromatic heterocycles. The predicted molar refractivity (Wildman–Crippen MR) is 50.6 cm³/mol. The Balaban J connectivity index is 3.70. The first-order chi connectivity index (χ1) is 5.09. The minimum Gasteiger partial charge on any atom is -0.330 e. The monoisotopic (exact) mass is 158 g/mol. The van der Waals surface area contributed by atoms with E-state index in [0.717, 1.165) is 18.9 Å². The van der Waals surface area contributed by atoms with Gasteiger partial charge in [-0.25, -0.2) is 0 Å². The molecule has 0 radical (unpaired) electrons. The zero-order valence-electron chi connectivity index (χ0n) is 8.30. The van der Waals surface area contributed by atoms with Crippen molar-refractivity contribution in [1.29, 1.82) is 0 Å². The second-order valence-corrected chi connectivity index (χ2v) is 3.71. The van der Waals surface area contributed by atoms with Gasteiger partial charge in [0.25, 0.3) is 0 Å². The Morgan fingerprint density at radius 2 is 1.82 bits per heavy atom. The zero-order chi connectivity index (χ0) is 8.85. The van der Waals surface area contributed by atoms with Crippen molar-refractivity contribution < 1.29 is 0 Å². The Hall–Kier alpha value is -0.0800. The van der Waals surface area contributed by atoms with Crippen LogP contribution < -0.4 is 5.73 Å². The van der Waals surface area contributed by atoms with Crippen molar-refractivity contribution in [1.82, 2.24) is 4.90 Å². The molecule has 0 amide bonds. The molecule has 1 atom stereocenters. The maximum atomic E-state index is 5.46. The van der Waals surface area contributed by atoms with Gasteiger partial charge >= 0.3 is 0 Å². The number of hydrogen-bond donors (Lipinski definition) is 1. The highest BCUT2D eigenvalue weighted by molar-refractivity contribution is 4.69. The van der Waals surface area contributed by atoms with E-state index in [4.69, 9.17) is 5.73 Å². The lowest BCUT2D eigenvalue weighted by Gasteiger charge is -2.27. The van der Waals surface area contributed by atoms with Crippen LogP contribution in [0.5, 0.6) is 0 Å². The van der Waals surface area contributed by atoms with Gasteiger partial charge in [-0.1, -0.05) is 13.8 Å². The summed E-state index contributed by atoms with van der Waals surface area (Å²) in [5, 5.41) is 0. The molecule has 0 aliphatic rings. The lowest BCUT2D eigenvalue weighted by molar-refractivity contribution is 0.216. The minimum atomic E-state index is 0.693. The molecule has 2 nitrogen and oxygen atoms in total. The first kappa shape index (κ1) is 10.9. The molecule has 0 aromatic carbocycles. The number of nitrogens with two attached hydrogens (primary N) is 1. The summed E-state index contributed by atoms with van der Waals surface area (Å²) in [6.07, 6.45) is 2.36. The van der Waals surface area contributed by atoms with Crippen molar-refractivity contribution in [2.75, 3.05) is 20.6 Å². The molecule has 1 unspecified atom stereocenters. The Morgan fingerprint density at radius 3 is 2.09 bits per heavy atom. The molecule has 0 aliphatic carbocycles. The molecule has 0 aliphatic heterocycles. The molecule has 0 heterocycles. The van der Waals surface area contributed by atoms with Crippen molar-refractivity contribution in [3.63, 3.8) is 0 Å². The van der Waals surface area contributed by atoms with Gasteiger partial charge in [0.2, 0.25) is 0 Å². The number of rotatable bonds is 5. The van der Waals surface area contributed by atoms with E-state index in [1.165, 1.54) is 6.42 Å². The summed E-state index contributed by atoms with van der Waals surface area (Å²) in [5.41, 5.74) is 5.46. The van der Waals surface area contributed by atoms with Crippen molar-refractivity contribution in [3.05, 3.63) is 0 Å². The topological polar surface area (TPSA) is 29.3 Å². The van der Waals surface area contributed by atoms with Crippen LogP contribution in [0.25, 0.3) is 0 Å². The van der Waals surface area contributed by atoms with Crippen LogP contribution in [0.3, 0.4) is 0 Å². The number of nitrogens with zero attached hydrogens (tertiary/aromatic N) is 1. The van der Waals surface area contributed by atoms with Crippen LogP contribution >= 0.6 is 0 Å². The molecule has 0 saturated heterocycles. The molecule has 2 N–H and O–H groups in total. The molecule has 2 heteroatoms. The fourth-order valence-electron chi connectivity index (χ4n) is 1.51. The molecule has 0 rings (SSSR count). The zero-order valence-corrected chi connectivity index (χ0v) is 8.30. The average Bonchev–Trinajstić information content (AvgIpc) is 1.87. The van der Waals surface area contributed by atoms with Crippen LogP contribution in [0, 0.1) is 5.92 Å². The van der Waals surface area contributed by atoms with Crippen LogP contribution in [-0.4, -0.2) is 31.6 Å². The van der Waals surface area contributed by atoms with Crippen molar-refractivity contribution >= 4 is 0 Å². The fourth-order valence-corrected chi connectivity index (χ4v) is 1.51. The molecule has 0 aromatic rings. The molecule has 0 saturated carbocycles. The highest BCUT2D eigenvalue weighted by Crippen LogP contribution is 2.12. The summed E-state index contributed by atoms with van der Waals surface area (Å²) >= 11 is 0. The van der Waals surface area contributed by atoms with Gasteiger partial charge in [-0.05, 0) is 39.4 Å². The SMILES string of the molecule is CC(C)C(CCCN)N(C)C. The van der Waals surface area contributed by atoms with Gasteiger partial charge in [0.1, 0.15) is 0 Å². The second kappa shape index (κ2) is 5.56. The Kier molecular flexibility index (Phi) is 5.51. The van der Waals surface area contributed by atoms with Crippen LogP contribution in [0.15, 0.2) is 0 Å². The van der Waals surface area contributed by atoms with E-state index < -0.39 is 0 Å². The largest absolute Gasteiger partial charge is 0.330 e. The van der Waals surface area contributed by atoms with Gasteiger partial charge in [-0.15, -0.1) is 0 Å². The van der Waals surface area contributed by atoms with E-state index in [2.05, 4.69) is 32.8 Å². The van der Waals surface area contributed by atoms with Crippen molar-refractivity contribution in [2.24, 2.45) is 11.7 Å². The van der Waals surface area contributed by atoms with Gasteiger partial charge in [0, 0.05) is 6.04 Å². The van der Waals surface area contributed by atoms with Gasteiger partial charge < -0.3 is 10.6 Å². The third-order valence-electron chi connectivity index (χ3n) is 2.14. The van der Waals surface area contributed by atoms with E-state index in [9.17, 15) is 0 Å². The molecule has 68 valence electrons. The third kappa shape index (κ3) is 4.38. The van der Waals surface area contributed by atoms with Crippen molar-refractivity contribution in [2.45, 2.75) is 32.7 Å². The Bertz CT molecular complexity index is 81.6. The van der Waals surface area contributed by atoms with E-state index in [-0.39, 0.29) is 0 Å². The summed E-state index contributed by atoms with van der Waals surface area (Å²) < 4.78 is 0. The Morgan fingerprint density at radius 1 is 1.27 bits per heavy atom. The van der Waals surface area contributed by atoms with E-state index in [1.807, 2.05) is 0 Å². The third-order valence-corrected chi connectivity index (χ3v) is 2.14. The smallest absolute Gasteiger partial charge is 0.0113 e. The number of hydrogen-bond acceptors (Lipinski definition) is 2. The van der Waals surface area contributed by atoms with Gasteiger partial charge in [-0.3, -0.25) is 0 Å². The maximum absolute atomic E-state index is 5.46. The van der Waals surface area contributed by atoms with Crippen LogP contribution in [0.1, 0.15) is 26.7 Å². The summed E-state index contributed by atoms with van der Waals surface area (Å²) in [6.45, 7) is 5.35. The van der Waals surface area contributed by atoms with Crippen LogP contribution in [0.2, 0.25) is 0 Å². The predicted octanol–water partition coefficient (Wildman–Crippen LogP) is 1.31. The molecule has 0 spiro atoms. The molecular weight excluding hydrogens is 136 g/mol. The van der Waals surface area contributed by atoms with Gasteiger partial charge in [0.15, 0.2) is 0 Å². The average molecular weight is 158 g/mol. The second-order valence-electron chi connectivity index (χ2n) is 3.71. The summed E-state index contributed by atoms with van der Waals surface area (Å²) in [6, 6.07) is 0.693. The molecule has 11 heavy (non-hydrogen) atoms. The van der Waals surface area contributed by atoms with Crippen LogP contribution in [-0.2, 0) is 0 Å². The molecule has 0 bridgehead atoms. The lowest BCUT2D eigenvalue weighted by atomic mass is 9.98. The Labute approximate surface area is 70.8 Å². The summed E-state index contributed by atoms with van der Waals surface area (Å²) in [5.74, 6) is 0.733. The van der Waals surface area contributed by atoms with Gasteiger partial charge in [-0.2, -0.15) is 0 Å². The van der Waals surface area contributed by atoms with E-state index in [1.54, 1.807) is 0 Å². The standard InChI is InChI=1S/C9H22N2/c1-8(2)9(11(3)4)6-5-7-10/h8-9H,5-7,10H2,1-4H3.